The molecule has 2 aromatic rings. The van der Waals surface area contributed by atoms with Crippen LogP contribution in [0.15, 0.2) is 42.0 Å². The maximum Gasteiger partial charge on any atom is 0.335 e. The van der Waals surface area contributed by atoms with E-state index in [1.54, 1.807) is 12.1 Å². The smallest absolute Gasteiger partial charge is 0.335 e. The Kier molecular flexibility index (Phi) is 6.17. The zero-order valence-corrected chi connectivity index (χ0v) is 16.8. The molecule has 7 nitrogen and oxygen atoms in total. The number of halogens is 2. The monoisotopic (exact) mass is 450 g/mol. The van der Waals surface area contributed by atoms with E-state index in [9.17, 15) is 14.4 Å². The van der Waals surface area contributed by atoms with Crippen molar-refractivity contribution < 1.29 is 24.2 Å². The van der Waals surface area contributed by atoms with Gasteiger partial charge in [-0.05, 0) is 53.7 Å². The SMILES string of the molecule is O=C1NC(=S)NC(=O)C1=Cc1cc(Cl)c(OCc2ccc(C(=O)O)cc2)c(Cl)c1. The summed E-state index contributed by atoms with van der Waals surface area (Å²) in [7, 11) is 0. The number of benzene rings is 2. The van der Waals surface area contributed by atoms with Gasteiger partial charge in [0.15, 0.2) is 10.9 Å². The van der Waals surface area contributed by atoms with Crippen LogP contribution in [0.5, 0.6) is 5.75 Å². The minimum Gasteiger partial charge on any atom is -0.486 e. The van der Waals surface area contributed by atoms with Crippen LogP contribution in [0.1, 0.15) is 21.5 Å². The number of thiocarbonyl (C=S) groups is 1. The van der Waals surface area contributed by atoms with Crippen molar-refractivity contribution in [3.63, 3.8) is 0 Å². The fraction of sp³-hybridized carbons (Fsp3) is 0.0526. The molecule has 0 aromatic heterocycles. The lowest BCUT2D eigenvalue weighted by Gasteiger charge is -2.16. The molecule has 1 aliphatic rings. The molecule has 29 heavy (non-hydrogen) atoms. The van der Waals surface area contributed by atoms with Crippen LogP contribution in [-0.2, 0) is 16.2 Å². The summed E-state index contributed by atoms with van der Waals surface area (Å²) in [6.45, 7) is 0.113. The number of carboxylic acid groups (broad SMARTS) is 1. The molecule has 148 valence electrons. The van der Waals surface area contributed by atoms with Gasteiger partial charge in [-0.3, -0.25) is 20.2 Å². The molecular weight excluding hydrogens is 439 g/mol. The van der Waals surface area contributed by atoms with Crippen molar-refractivity contribution >= 4 is 64.4 Å². The average Bonchev–Trinajstić information content (AvgIpc) is 2.64. The normalized spacial score (nSPS) is 13.6. The van der Waals surface area contributed by atoms with Gasteiger partial charge in [0.1, 0.15) is 12.2 Å². The van der Waals surface area contributed by atoms with Gasteiger partial charge in [0.05, 0.1) is 15.6 Å². The lowest BCUT2D eigenvalue weighted by molar-refractivity contribution is -0.123. The summed E-state index contributed by atoms with van der Waals surface area (Å²) in [6.07, 6.45) is 1.33. The fourth-order valence-electron chi connectivity index (χ4n) is 2.47. The summed E-state index contributed by atoms with van der Waals surface area (Å²) in [6, 6.07) is 9.16. The zero-order chi connectivity index (χ0) is 21.1. The number of carboxylic acids is 1. The van der Waals surface area contributed by atoms with Gasteiger partial charge in [0.25, 0.3) is 11.8 Å². The van der Waals surface area contributed by atoms with E-state index in [-0.39, 0.29) is 38.7 Å². The molecule has 0 atom stereocenters. The van der Waals surface area contributed by atoms with E-state index in [0.717, 1.165) is 5.56 Å². The second-order valence-corrected chi connectivity index (χ2v) is 7.12. The molecule has 1 aliphatic heterocycles. The number of amides is 2. The van der Waals surface area contributed by atoms with Crippen LogP contribution >= 0.6 is 35.4 Å². The van der Waals surface area contributed by atoms with Crippen molar-refractivity contribution in [2.24, 2.45) is 0 Å². The Hall–Kier alpha value is -2.94. The first-order valence-corrected chi connectivity index (χ1v) is 9.23. The zero-order valence-electron chi connectivity index (χ0n) is 14.5. The third-order valence-corrected chi connectivity index (χ3v) is 4.62. The maximum absolute atomic E-state index is 11.9. The molecular formula is C19H12Cl2N2O5S. The first-order chi connectivity index (χ1) is 13.7. The van der Waals surface area contributed by atoms with Crippen LogP contribution in [0.4, 0.5) is 0 Å². The van der Waals surface area contributed by atoms with Crippen molar-refractivity contribution in [3.05, 3.63) is 68.7 Å². The van der Waals surface area contributed by atoms with Crippen molar-refractivity contribution in [2.75, 3.05) is 0 Å². The van der Waals surface area contributed by atoms with E-state index in [1.165, 1.54) is 30.3 Å². The molecule has 3 N–H and O–H groups in total. The number of hydrogen-bond acceptors (Lipinski definition) is 5. The molecule has 3 rings (SSSR count). The topological polar surface area (TPSA) is 105 Å². The van der Waals surface area contributed by atoms with E-state index >= 15 is 0 Å². The van der Waals surface area contributed by atoms with E-state index < -0.39 is 17.8 Å². The van der Waals surface area contributed by atoms with Gasteiger partial charge in [-0.2, -0.15) is 0 Å². The molecule has 1 fully saturated rings. The Balaban J connectivity index is 1.78. The van der Waals surface area contributed by atoms with Gasteiger partial charge in [0.2, 0.25) is 0 Å². The minimum absolute atomic E-state index is 0.0617. The van der Waals surface area contributed by atoms with Crippen LogP contribution in [-0.4, -0.2) is 28.0 Å². The second-order valence-electron chi connectivity index (χ2n) is 5.90. The van der Waals surface area contributed by atoms with Gasteiger partial charge in [-0.1, -0.05) is 35.3 Å². The Morgan fingerprint density at radius 2 is 1.62 bits per heavy atom. The first kappa shape index (κ1) is 20.8. The number of aromatic carboxylic acids is 1. The van der Waals surface area contributed by atoms with Crippen molar-refractivity contribution in [1.29, 1.82) is 0 Å². The Morgan fingerprint density at radius 1 is 1.07 bits per heavy atom. The highest BCUT2D eigenvalue weighted by Gasteiger charge is 2.25. The Labute approximate surface area is 180 Å². The van der Waals surface area contributed by atoms with E-state index in [0.29, 0.717) is 5.56 Å². The van der Waals surface area contributed by atoms with E-state index in [4.69, 9.17) is 45.3 Å². The fourth-order valence-corrected chi connectivity index (χ4v) is 3.27. The predicted molar refractivity (Wildman–Crippen MR) is 111 cm³/mol. The summed E-state index contributed by atoms with van der Waals surface area (Å²) < 4.78 is 5.65. The lowest BCUT2D eigenvalue weighted by atomic mass is 10.1. The number of carbonyl (C=O) groups excluding carboxylic acids is 2. The van der Waals surface area contributed by atoms with Crippen molar-refractivity contribution in [3.8, 4) is 5.75 Å². The van der Waals surface area contributed by atoms with E-state index in [2.05, 4.69) is 10.6 Å². The van der Waals surface area contributed by atoms with Gasteiger partial charge in [0, 0.05) is 0 Å². The molecule has 1 saturated heterocycles. The molecule has 2 amide bonds. The Morgan fingerprint density at radius 3 is 2.14 bits per heavy atom. The number of hydrogen-bond donors (Lipinski definition) is 3. The number of ether oxygens (including phenoxy) is 1. The predicted octanol–water partition coefficient (Wildman–Crippen LogP) is 3.18. The standard InChI is InChI=1S/C19H12Cl2N2O5S/c20-13-6-10(5-12-16(24)22-19(29)23-17(12)25)7-14(21)15(13)28-8-9-1-3-11(4-2-9)18(26)27/h1-7H,8H2,(H,26,27)(H2,22,23,24,25,29). The summed E-state index contributed by atoms with van der Waals surface area (Å²) in [5.74, 6) is -2.06. The quantitative estimate of drug-likeness (QED) is 0.367. The van der Waals surface area contributed by atoms with Crippen molar-refractivity contribution in [1.82, 2.24) is 10.6 Å². The first-order valence-electron chi connectivity index (χ1n) is 8.07. The molecule has 0 saturated carbocycles. The Bertz CT molecular complexity index is 1020. The van der Waals surface area contributed by atoms with Crippen LogP contribution < -0.4 is 15.4 Å². The highest BCUT2D eigenvalue weighted by Crippen LogP contribution is 2.35. The minimum atomic E-state index is -1.02. The molecule has 0 spiro atoms. The van der Waals surface area contributed by atoms with Crippen LogP contribution in [0.3, 0.4) is 0 Å². The van der Waals surface area contributed by atoms with Crippen LogP contribution in [0.25, 0.3) is 6.08 Å². The average molecular weight is 451 g/mol. The summed E-state index contributed by atoms with van der Waals surface area (Å²) in [5.41, 5.74) is 1.17. The van der Waals surface area contributed by atoms with E-state index in [1.807, 2.05) is 0 Å². The summed E-state index contributed by atoms with van der Waals surface area (Å²) in [5, 5.41) is 13.9. The number of carbonyl (C=O) groups is 3. The van der Waals surface area contributed by atoms with Gasteiger partial charge < -0.3 is 9.84 Å². The highest BCUT2D eigenvalue weighted by atomic mass is 35.5. The van der Waals surface area contributed by atoms with Crippen molar-refractivity contribution in [2.45, 2.75) is 6.61 Å². The second kappa shape index (κ2) is 8.60. The number of nitrogens with one attached hydrogen (secondary N) is 2. The largest absolute Gasteiger partial charge is 0.486 e. The number of rotatable bonds is 5. The lowest BCUT2D eigenvalue weighted by Crippen LogP contribution is -2.51. The van der Waals surface area contributed by atoms with Gasteiger partial charge >= 0.3 is 5.97 Å². The molecule has 0 aliphatic carbocycles. The maximum atomic E-state index is 11.9. The third-order valence-electron chi connectivity index (χ3n) is 3.86. The van der Waals surface area contributed by atoms with Crippen LogP contribution in [0.2, 0.25) is 10.0 Å². The van der Waals surface area contributed by atoms with Crippen LogP contribution in [0, 0.1) is 0 Å². The van der Waals surface area contributed by atoms with Gasteiger partial charge in [-0.15, -0.1) is 0 Å². The molecule has 0 bridgehead atoms. The third kappa shape index (κ3) is 4.92. The molecule has 1 heterocycles. The molecule has 0 radical (unpaired) electrons. The van der Waals surface area contributed by atoms with Gasteiger partial charge in [-0.25, -0.2) is 4.79 Å². The molecule has 2 aromatic carbocycles. The molecule has 10 heteroatoms. The highest BCUT2D eigenvalue weighted by molar-refractivity contribution is 7.80. The summed E-state index contributed by atoms with van der Waals surface area (Å²) in [4.78, 5) is 34.7. The summed E-state index contributed by atoms with van der Waals surface area (Å²) >= 11 is 17.2. The molecule has 0 unspecified atom stereocenters.